The zero-order valence-electron chi connectivity index (χ0n) is 17.9. The number of rotatable bonds is 6. The summed E-state index contributed by atoms with van der Waals surface area (Å²) in [6, 6.07) is 15.5. The molecule has 2 aromatic carbocycles. The van der Waals surface area contributed by atoms with Gasteiger partial charge in [-0.15, -0.1) is 0 Å². The van der Waals surface area contributed by atoms with E-state index in [1.54, 1.807) is 21.3 Å². The fourth-order valence-electron chi connectivity index (χ4n) is 4.76. The lowest BCUT2D eigenvalue weighted by atomic mass is 10.1. The molecule has 5 rings (SSSR count). The molecule has 7 heteroatoms. The van der Waals surface area contributed by atoms with E-state index in [9.17, 15) is 4.79 Å². The Morgan fingerprint density at radius 2 is 1.84 bits per heavy atom. The normalized spacial score (nSPS) is 20.5. The van der Waals surface area contributed by atoms with Crippen molar-refractivity contribution in [2.24, 2.45) is 0 Å². The molecular formula is C24H25N3O4. The maximum atomic E-state index is 13.3. The van der Waals surface area contributed by atoms with Crippen molar-refractivity contribution in [2.75, 3.05) is 32.8 Å². The lowest BCUT2D eigenvalue weighted by Crippen LogP contribution is -2.50. The van der Waals surface area contributed by atoms with Gasteiger partial charge in [0.25, 0.3) is 0 Å². The minimum atomic E-state index is -0.156. The van der Waals surface area contributed by atoms with Gasteiger partial charge in [-0.1, -0.05) is 18.2 Å². The predicted octanol–water partition coefficient (Wildman–Crippen LogP) is 3.25. The van der Waals surface area contributed by atoms with E-state index in [1.165, 1.54) is 0 Å². The molecule has 0 radical (unpaired) electrons. The van der Waals surface area contributed by atoms with Crippen molar-refractivity contribution in [1.82, 2.24) is 9.88 Å². The van der Waals surface area contributed by atoms with Crippen molar-refractivity contribution in [3.8, 4) is 17.2 Å². The Labute approximate surface area is 181 Å². The van der Waals surface area contributed by atoms with Crippen molar-refractivity contribution in [3.05, 3.63) is 54.2 Å². The number of ether oxygens (including phenoxy) is 3. The van der Waals surface area contributed by atoms with Gasteiger partial charge < -0.3 is 19.1 Å². The Morgan fingerprint density at radius 1 is 1.00 bits per heavy atom. The van der Waals surface area contributed by atoms with E-state index in [2.05, 4.69) is 11.0 Å². The highest BCUT2D eigenvalue weighted by molar-refractivity contribution is 6.02. The molecule has 2 aliphatic rings. The van der Waals surface area contributed by atoms with Crippen LogP contribution >= 0.6 is 0 Å². The van der Waals surface area contributed by atoms with E-state index >= 15 is 0 Å². The molecule has 0 N–H and O–H groups in total. The first kappa shape index (κ1) is 19.6. The molecule has 7 nitrogen and oxygen atoms in total. The summed E-state index contributed by atoms with van der Waals surface area (Å²) in [6.07, 6.45) is 0.802. The first-order valence-electron chi connectivity index (χ1n) is 10.3. The third-order valence-electron chi connectivity index (χ3n) is 6.24. The summed E-state index contributed by atoms with van der Waals surface area (Å²) in [4.78, 5) is 22.2. The van der Waals surface area contributed by atoms with Crippen molar-refractivity contribution < 1.29 is 19.0 Å². The Hall–Kier alpha value is -3.32. The van der Waals surface area contributed by atoms with Crippen LogP contribution in [0.1, 0.15) is 12.1 Å². The zero-order chi connectivity index (χ0) is 21.5. The number of benzene rings is 2. The zero-order valence-corrected chi connectivity index (χ0v) is 17.9. The molecule has 0 saturated carbocycles. The van der Waals surface area contributed by atoms with Crippen molar-refractivity contribution in [3.63, 3.8) is 0 Å². The number of carbonyl (C=O) groups excluding carboxylic acids is 1. The molecule has 0 aliphatic carbocycles. The van der Waals surface area contributed by atoms with E-state index < -0.39 is 0 Å². The van der Waals surface area contributed by atoms with Gasteiger partial charge in [-0.05, 0) is 30.7 Å². The van der Waals surface area contributed by atoms with Crippen LogP contribution in [0.2, 0.25) is 0 Å². The Morgan fingerprint density at radius 3 is 2.58 bits per heavy atom. The van der Waals surface area contributed by atoms with Gasteiger partial charge in [-0.2, -0.15) is 0 Å². The molecule has 1 amide bonds. The largest absolute Gasteiger partial charge is 0.497 e. The number of methoxy groups -OCH3 is 3. The molecule has 0 spiro atoms. The Kier molecular flexibility index (Phi) is 4.90. The summed E-state index contributed by atoms with van der Waals surface area (Å²) in [5.41, 5.74) is 2.55. The molecule has 2 atom stereocenters. The van der Waals surface area contributed by atoms with Crippen LogP contribution in [0.25, 0.3) is 10.9 Å². The third kappa shape index (κ3) is 3.25. The van der Waals surface area contributed by atoms with E-state index in [0.717, 1.165) is 41.0 Å². The number of para-hydroxylation sites is 1. The van der Waals surface area contributed by atoms with Gasteiger partial charge in [0.2, 0.25) is 5.91 Å². The second-order valence-electron chi connectivity index (χ2n) is 7.92. The van der Waals surface area contributed by atoms with Crippen molar-refractivity contribution in [1.29, 1.82) is 0 Å². The van der Waals surface area contributed by atoms with Crippen molar-refractivity contribution >= 4 is 22.5 Å². The number of hydrogen-bond donors (Lipinski definition) is 0. The van der Waals surface area contributed by atoms with Crippen LogP contribution in [0, 0.1) is 0 Å². The van der Waals surface area contributed by atoms with Gasteiger partial charge in [0.05, 0.1) is 44.8 Å². The molecule has 1 aromatic heterocycles. The third-order valence-corrected chi connectivity index (χ3v) is 6.24. The molecule has 31 heavy (non-hydrogen) atoms. The maximum absolute atomic E-state index is 13.3. The quantitative estimate of drug-likeness (QED) is 0.611. The van der Waals surface area contributed by atoms with Gasteiger partial charge in [-0.3, -0.25) is 9.69 Å². The minimum absolute atomic E-state index is 0.0983. The van der Waals surface area contributed by atoms with E-state index in [1.807, 2.05) is 47.4 Å². The fourth-order valence-corrected chi connectivity index (χ4v) is 4.76. The van der Waals surface area contributed by atoms with Gasteiger partial charge >= 0.3 is 0 Å². The summed E-state index contributed by atoms with van der Waals surface area (Å²) in [5.74, 6) is 2.24. The maximum Gasteiger partial charge on any atom is 0.244 e. The molecule has 3 heterocycles. The molecule has 3 aromatic rings. The SMILES string of the molecule is COc1ccc(OC)c(N2C(=O)[C@@H]3C[C@H]2CN3Cc2ccc3cccc(OC)c3n2)c1. The molecule has 2 fully saturated rings. The lowest BCUT2D eigenvalue weighted by molar-refractivity contribution is -0.122. The number of likely N-dealkylation sites (tertiary alicyclic amines) is 1. The van der Waals surface area contributed by atoms with Crippen LogP contribution in [-0.2, 0) is 11.3 Å². The summed E-state index contributed by atoms with van der Waals surface area (Å²) in [6.45, 7) is 1.42. The van der Waals surface area contributed by atoms with Crippen LogP contribution in [0.3, 0.4) is 0 Å². The summed E-state index contributed by atoms with van der Waals surface area (Å²) < 4.78 is 16.3. The smallest absolute Gasteiger partial charge is 0.244 e. The molecular weight excluding hydrogens is 394 g/mol. The summed E-state index contributed by atoms with van der Waals surface area (Å²) in [7, 11) is 4.90. The van der Waals surface area contributed by atoms with Gasteiger partial charge in [0, 0.05) is 24.5 Å². The van der Waals surface area contributed by atoms with Crippen molar-refractivity contribution in [2.45, 2.75) is 25.0 Å². The Bertz CT molecular complexity index is 1150. The number of nitrogens with zero attached hydrogens (tertiary/aromatic N) is 3. The van der Waals surface area contributed by atoms with E-state index in [4.69, 9.17) is 19.2 Å². The number of amides is 1. The van der Waals surface area contributed by atoms with Gasteiger partial charge in [0.1, 0.15) is 22.8 Å². The highest BCUT2D eigenvalue weighted by Gasteiger charge is 2.50. The first-order valence-corrected chi connectivity index (χ1v) is 10.3. The second-order valence-corrected chi connectivity index (χ2v) is 7.92. The number of hydrogen-bond acceptors (Lipinski definition) is 6. The average molecular weight is 419 g/mol. The highest BCUT2D eigenvalue weighted by atomic mass is 16.5. The topological polar surface area (TPSA) is 64.1 Å². The van der Waals surface area contributed by atoms with Crippen LogP contribution in [0.4, 0.5) is 5.69 Å². The minimum Gasteiger partial charge on any atom is -0.497 e. The standard InChI is InChI=1S/C24H25N3O4/c1-29-18-9-10-21(30-2)19(12-18)27-17-11-20(24(27)28)26(14-17)13-16-8-7-15-5-4-6-22(31-3)23(15)25-16/h4-10,12,17,20H,11,13-14H2,1-3H3/t17-,20-/m0/s1. The molecule has 2 saturated heterocycles. The highest BCUT2D eigenvalue weighted by Crippen LogP contribution is 2.41. The van der Waals surface area contributed by atoms with E-state index in [-0.39, 0.29) is 18.0 Å². The van der Waals surface area contributed by atoms with Crippen LogP contribution in [0.5, 0.6) is 17.2 Å². The Balaban J connectivity index is 1.39. The van der Waals surface area contributed by atoms with Gasteiger partial charge in [-0.25, -0.2) is 4.98 Å². The number of anilines is 1. The van der Waals surface area contributed by atoms with Gasteiger partial charge in [0.15, 0.2) is 0 Å². The summed E-state index contributed by atoms with van der Waals surface area (Å²) in [5, 5.41) is 1.04. The number of fused-ring (bicyclic) bond motifs is 3. The summed E-state index contributed by atoms with van der Waals surface area (Å²) >= 11 is 0. The molecule has 2 aliphatic heterocycles. The second kappa shape index (κ2) is 7.74. The number of piperazine rings is 1. The van der Waals surface area contributed by atoms with E-state index in [0.29, 0.717) is 18.0 Å². The average Bonchev–Trinajstić information content (AvgIpc) is 3.35. The molecule has 0 unspecified atom stereocenters. The predicted molar refractivity (Wildman–Crippen MR) is 118 cm³/mol. The van der Waals surface area contributed by atoms with Crippen LogP contribution < -0.4 is 19.1 Å². The fraction of sp³-hybridized carbons (Fsp3) is 0.333. The number of pyridine rings is 1. The monoisotopic (exact) mass is 419 g/mol. The number of aromatic nitrogens is 1. The lowest BCUT2D eigenvalue weighted by Gasteiger charge is -2.34. The molecule has 160 valence electrons. The van der Waals surface area contributed by atoms with Crippen LogP contribution in [-0.4, -0.2) is 55.7 Å². The molecule has 2 bridgehead atoms. The van der Waals surface area contributed by atoms with Crippen LogP contribution in [0.15, 0.2) is 48.5 Å². The first-order chi connectivity index (χ1) is 15.1. The number of carbonyl (C=O) groups is 1.